The lowest BCUT2D eigenvalue weighted by Gasteiger charge is -2.36. The SMILES string of the molecule is Cc1ccc(Cl)cc1N1CCN(S(=O)(=O)c2ccc3oc(=O)n(C)c3c2)CC1. The van der Waals surface area contributed by atoms with Crippen LogP contribution in [0, 0.1) is 6.92 Å². The highest BCUT2D eigenvalue weighted by Gasteiger charge is 2.29. The van der Waals surface area contributed by atoms with Crippen LogP contribution in [0.4, 0.5) is 5.69 Å². The van der Waals surface area contributed by atoms with Crippen LogP contribution in [0.5, 0.6) is 0 Å². The Morgan fingerprint density at radius 2 is 1.75 bits per heavy atom. The van der Waals surface area contributed by atoms with E-state index in [4.69, 9.17) is 16.0 Å². The van der Waals surface area contributed by atoms with Crippen molar-refractivity contribution in [2.75, 3.05) is 31.1 Å². The normalized spacial score (nSPS) is 16.0. The second kappa shape index (κ2) is 6.95. The van der Waals surface area contributed by atoms with E-state index in [0.29, 0.717) is 42.3 Å². The van der Waals surface area contributed by atoms with Gasteiger partial charge in [-0.1, -0.05) is 17.7 Å². The number of sulfonamides is 1. The van der Waals surface area contributed by atoms with Crippen molar-refractivity contribution >= 4 is 38.4 Å². The average molecular weight is 422 g/mol. The molecule has 0 N–H and O–H groups in total. The fourth-order valence-electron chi connectivity index (χ4n) is 3.51. The molecule has 1 fully saturated rings. The lowest BCUT2D eigenvalue weighted by atomic mass is 10.1. The maximum Gasteiger partial charge on any atom is 0.419 e. The quantitative estimate of drug-likeness (QED) is 0.649. The summed E-state index contributed by atoms with van der Waals surface area (Å²) in [7, 11) is -2.11. The van der Waals surface area contributed by atoms with Gasteiger partial charge in [-0.2, -0.15) is 4.31 Å². The number of hydrogen-bond donors (Lipinski definition) is 0. The Hall–Kier alpha value is -2.29. The Morgan fingerprint density at radius 3 is 2.46 bits per heavy atom. The first kappa shape index (κ1) is 19.0. The van der Waals surface area contributed by atoms with Gasteiger partial charge in [-0.25, -0.2) is 13.2 Å². The van der Waals surface area contributed by atoms with E-state index in [1.165, 1.54) is 27.1 Å². The minimum absolute atomic E-state index is 0.156. The smallest absolute Gasteiger partial charge is 0.408 e. The Morgan fingerprint density at radius 1 is 1.04 bits per heavy atom. The summed E-state index contributed by atoms with van der Waals surface area (Å²) >= 11 is 6.11. The van der Waals surface area contributed by atoms with Gasteiger partial charge in [0.1, 0.15) is 0 Å². The molecule has 0 aliphatic carbocycles. The molecule has 7 nitrogen and oxygen atoms in total. The number of oxazole rings is 1. The number of aromatic nitrogens is 1. The molecule has 0 radical (unpaired) electrons. The average Bonchev–Trinajstić information content (AvgIpc) is 2.97. The zero-order valence-electron chi connectivity index (χ0n) is 15.6. The van der Waals surface area contributed by atoms with Crippen molar-refractivity contribution in [3.63, 3.8) is 0 Å². The van der Waals surface area contributed by atoms with E-state index >= 15 is 0 Å². The number of hydrogen-bond acceptors (Lipinski definition) is 5. The minimum Gasteiger partial charge on any atom is -0.408 e. The van der Waals surface area contributed by atoms with E-state index in [2.05, 4.69) is 4.90 Å². The molecule has 1 aliphatic heterocycles. The molecule has 9 heteroatoms. The zero-order valence-corrected chi connectivity index (χ0v) is 17.1. The van der Waals surface area contributed by atoms with Crippen LogP contribution in [0.1, 0.15) is 5.56 Å². The molecule has 0 atom stereocenters. The zero-order chi connectivity index (χ0) is 20.1. The molecule has 1 aliphatic rings. The summed E-state index contributed by atoms with van der Waals surface area (Å²) in [5.41, 5.74) is 2.96. The molecule has 0 spiro atoms. The van der Waals surface area contributed by atoms with Crippen LogP contribution in [0.15, 0.2) is 50.5 Å². The molecule has 28 heavy (non-hydrogen) atoms. The van der Waals surface area contributed by atoms with E-state index in [1.54, 1.807) is 7.05 Å². The highest BCUT2D eigenvalue weighted by Crippen LogP contribution is 2.27. The van der Waals surface area contributed by atoms with Crippen molar-refractivity contribution in [2.24, 2.45) is 7.05 Å². The van der Waals surface area contributed by atoms with Crippen molar-refractivity contribution in [1.29, 1.82) is 0 Å². The maximum atomic E-state index is 13.1. The Bertz CT molecular complexity index is 1210. The van der Waals surface area contributed by atoms with Crippen molar-refractivity contribution in [2.45, 2.75) is 11.8 Å². The molecule has 0 saturated carbocycles. The number of piperazine rings is 1. The van der Waals surface area contributed by atoms with Crippen LogP contribution in [-0.4, -0.2) is 43.5 Å². The first-order chi connectivity index (χ1) is 13.3. The summed E-state index contributed by atoms with van der Waals surface area (Å²) < 4.78 is 34.0. The van der Waals surface area contributed by atoms with E-state index in [9.17, 15) is 13.2 Å². The van der Waals surface area contributed by atoms with E-state index < -0.39 is 15.8 Å². The van der Waals surface area contributed by atoms with Gasteiger partial charge < -0.3 is 9.32 Å². The molecular formula is C19H20ClN3O4S. The van der Waals surface area contributed by atoms with Gasteiger partial charge in [0.15, 0.2) is 5.58 Å². The fraction of sp³-hybridized carbons (Fsp3) is 0.316. The third kappa shape index (κ3) is 3.21. The molecular weight excluding hydrogens is 402 g/mol. The van der Waals surface area contributed by atoms with Crippen molar-refractivity contribution in [3.05, 3.63) is 57.5 Å². The number of aryl methyl sites for hydroxylation is 2. The summed E-state index contributed by atoms with van der Waals surface area (Å²) in [5.74, 6) is -0.518. The van der Waals surface area contributed by atoms with Crippen LogP contribution in [0.25, 0.3) is 11.1 Å². The Kier molecular flexibility index (Phi) is 4.73. The van der Waals surface area contributed by atoms with Gasteiger partial charge >= 0.3 is 5.76 Å². The molecule has 1 aromatic heterocycles. The number of fused-ring (bicyclic) bond motifs is 1. The third-order valence-corrected chi connectivity index (χ3v) is 7.28. The minimum atomic E-state index is -3.66. The largest absolute Gasteiger partial charge is 0.419 e. The van der Waals surface area contributed by atoms with Gasteiger partial charge in [0.25, 0.3) is 0 Å². The summed E-state index contributed by atoms with van der Waals surface area (Å²) in [6.07, 6.45) is 0. The van der Waals surface area contributed by atoms with Gasteiger partial charge in [-0.3, -0.25) is 4.57 Å². The standard InChI is InChI=1S/C19H20ClN3O4S/c1-13-3-4-14(20)11-16(13)22-7-9-23(10-8-22)28(25,26)15-5-6-18-17(12-15)21(2)19(24)27-18/h3-6,11-12H,7-10H2,1-2H3. The van der Waals surface area contributed by atoms with Crippen molar-refractivity contribution < 1.29 is 12.8 Å². The molecule has 0 bridgehead atoms. The van der Waals surface area contributed by atoms with Crippen LogP contribution < -0.4 is 10.7 Å². The Labute approximate surface area is 167 Å². The number of halogens is 1. The molecule has 0 unspecified atom stereocenters. The van der Waals surface area contributed by atoms with Gasteiger partial charge in [-0.15, -0.1) is 0 Å². The highest BCUT2D eigenvalue weighted by atomic mass is 35.5. The first-order valence-electron chi connectivity index (χ1n) is 8.88. The number of anilines is 1. The first-order valence-corrected chi connectivity index (χ1v) is 10.7. The molecule has 1 saturated heterocycles. The predicted molar refractivity (Wildman–Crippen MR) is 109 cm³/mol. The van der Waals surface area contributed by atoms with Gasteiger partial charge in [-0.05, 0) is 42.8 Å². The summed E-state index contributed by atoms with van der Waals surface area (Å²) in [6.45, 7) is 3.91. The maximum absolute atomic E-state index is 13.1. The Balaban J connectivity index is 1.57. The van der Waals surface area contributed by atoms with Crippen molar-refractivity contribution in [3.8, 4) is 0 Å². The van der Waals surface area contributed by atoms with Crippen LogP contribution in [-0.2, 0) is 17.1 Å². The van der Waals surface area contributed by atoms with Crippen LogP contribution in [0.3, 0.4) is 0 Å². The van der Waals surface area contributed by atoms with Gasteiger partial charge in [0, 0.05) is 43.9 Å². The third-order valence-electron chi connectivity index (χ3n) is 5.15. The van der Waals surface area contributed by atoms with Gasteiger partial charge in [0.05, 0.1) is 10.4 Å². The van der Waals surface area contributed by atoms with Crippen LogP contribution in [0.2, 0.25) is 5.02 Å². The second-order valence-corrected chi connectivity index (χ2v) is 9.25. The molecule has 2 heterocycles. The van der Waals surface area contributed by atoms with E-state index in [1.807, 2.05) is 25.1 Å². The summed E-state index contributed by atoms with van der Waals surface area (Å²) in [5, 5.41) is 0.662. The molecule has 4 rings (SSSR count). The predicted octanol–water partition coefficient (Wildman–Crippen LogP) is 2.60. The van der Waals surface area contributed by atoms with Gasteiger partial charge in [0.2, 0.25) is 10.0 Å². The topological polar surface area (TPSA) is 75.8 Å². The molecule has 0 amide bonds. The summed E-state index contributed by atoms with van der Waals surface area (Å²) in [4.78, 5) is 14.0. The number of rotatable bonds is 3. The van der Waals surface area contributed by atoms with Crippen LogP contribution >= 0.6 is 11.6 Å². The summed E-state index contributed by atoms with van der Waals surface area (Å²) in [6, 6.07) is 10.2. The lowest BCUT2D eigenvalue weighted by molar-refractivity contribution is 0.385. The van der Waals surface area contributed by atoms with E-state index in [0.717, 1.165) is 11.3 Å². The lowest BCUT2D eigenvalue weighted by Crippen LogP contribution is -2.48. The molecule has 3 aromatic rings. The van der Waals surface area contributed by atoms with Crippen molar-refractivity contribution in [1.82, 2.24) is 8.87 Å². The molecule has 2 aromatic carbocycles. The second-order valence-electron chi connectivity index (χ2n) is 6.88. The molecule has 148 valence electrons. The number of nitrogens with zero attached hydrogens (tertiary/aromatic N) is 3. The highest BCUT2D eigenvalue weighted by molar-refractivity contribution is 7.89. The number of benzene rings is 2. The fourth-order valence-corrected chi connectivity index (χ4v) is 5.12. The monoisotopic (exact) mass is 421 g/mol. The van der Waals surface area contributed by atoms with E-state index in [-0.39, 0.29) is 4.90 Å².